The monoisotopic (exact) mass is 614 g/mol. The highest BCUT2D eigenvalue weighted by Crippen LogP contribution is 2.11. The second kappa shape index (κ2) is 35.1. The molecular formula is C39H66O5. The summed E-state index contributed by atoms with van der Waals surface area (Å²) in [6.07, 6.45) is 44.1. The Bertz CT molecular complexity index is 792. The summed E-state index contributed by atoms with van der Waals surface area (Å²) < 4.78 is 10.5. The molecule has 1 unspecified atom stereocenters. The number of unbranched alkanes of at least 4 members (excludes halogenated alkanes) is 13. The molecule has 5 heteroatoms. The van der Waals surface area contributed by atoms with Gasteiger partial charge in [0.25, 0.3) is 0 Å². The van der Waals surface area contributed by atoms with Gasteiger partial charge in [-0.3, -0.25) is 9.59 Å². The Labute approximate surface area is 271 Å². The Hall–Kier alpha value is -2.40. The quantitative estimate of drug-likeness (QED) is 0.0478. The molecule has 0 aliphatic heterocycles. The van der Waals surface area contributed by atoms with Gasteiger partial charge >= 0.3 is 11.9 Å². The van der Waals surface area contributed by atoms with Crippen LogP contribution in [0.25, 0.3) is 0 Å². The molecule has 0 aromatic rings. The maximum Gasteiger partial charge on any atom is 0.306 e. The van der Waals surface area contributed by atoms with Gasteiger partial charge in [-0.05, 0) is 77.0 Å². The van der Waals surface area contributed by atoms with E-state index in [-0.39, 0.29) is 25.2 Å². The number of carbonyl (C=O) groups is 2. The van der Waals surface area contributed by atoms with Crippen molar-refractivity contribution in [2.45, 2.75) is 161 Å². The molecule has 0 saturated heterocycles. The molecule has 0 fully saturated rings. The van der Waals surface area contributed by atoms with Crippen molar-refractivity contribution in [1.29, 1.82) is 0 Å². The van der Waals surface area contributed by atoms with E-state index in [1.165, 1.54) is 44.9 Å². The molecular weight excluding hydrogens is 548 g/mol. The van der Waals surface area contributed by atoms with E-state index in [1.54, 1.807) is 0 Å². The molecule has 0 heterocycles. The van der Waals surface area contributed by atoms with Crippen LogP contribution in [0.3, 0.4) is 0 Å². The highest BCUT2D eigenvalue weighted by atomic mass is 16.6. The van der Waals surface area contributed by atoms with Crippen LogP contribution < -0.4 is 0 Å². The zero-order chi connectivity index (χ0) is 32.2. The van der Waals surface area contributed by atoms with Crippen LogP contribution in [0.5, 0.6) is 0 Å². The number of esters is 2. The van der Waals surface area contributed by atoms with Crippen molar-refractivity contribution >= 4 is 11.9 Å². The van der Waals surface area contributed by atoms with E-state index in [4.69, 9.17) is 9.47 Å². The maximum atomic E-state index is 12.1. The van der Waals surface area contributed by atoms with E-state index >= 15 is 0 Å². The van der Waals surface area contributed by atoms with Crippen LogP contribution in [0, 0.1) is 0 Å². The zero-order valence-corrected chi connectivity index (χ0v) is 28.4. The SMILES string of the molecule is CCC=CCC=CCC=CCC=CCCCCCCC(=O)OCC(CO)OC(=O)CCCCCCCC=CCCCCCC. The molecule has 0 radical (unpaired) electrons. The average molecular weight is 615 g/mol. The van der Waals surface area contributed by atoms with Gasteiger partial charge in [0.2, 0.25) is 0 Å². The van der Waals surface area contributed by atoms with Crippen molar-refractivity contribution in [3.8, 4) is 0 Å². The molecule has 0 spiro atoms. The average Bonchev–Trinajstić information content (AvgIpc) is 3.02. The Morgan fingerprint density at radius 3 is 1.50 bits per heavy atom. The third kappa shape index (κ3) is 32.5. The van der Waals surface area contributed by atoms with Crippen LogP contribution in [0.1, 0.15) is 155 Å². The van der Waals surface area contributed by atoms with Gasteiger partial charge in [0.05, 0.1) is 6.61 Å². The number of ether oxygens (including phenoxy) is 2. The number of hydrogen-bond donors (Lipinski definition) is 1. The van der Waals surface area contributed by atoms with Crippen molar-refractivity contribution in [3.63, 3.8) is 0 Å². The smallest absolute Gasteiger partial charge is 0.306 e. The Balaban J connectivity index is 3.66. The molecule has 0 amide bonds. The highest BCUT2D eigenvalue weighted by Gasteiger charge is 2.16. The van der Waals surface area contributed by atoms with Gasteiger partial charge in [-0.25, -0.2) is 0 Å². The lowest BCUT2D eigenvalue weighted by Gasteiger charge is -2.15. The van der Waals surface area contributed by atoms with Gasteiger partial charge in [-0.2, -0.15) is 0 Å². The van der Waals surface area contributed by atoms with Crippen molar-refractivity contribution in [3.05, 3.63) is 60.8 Å². The Kier molecular flexibility index (Phi) is 33.2. The number of allylic oxidation sites excluding steroid dienone is 10. The topological polar surface area (TPSA) is 72.8 Å². The van der Waals surface area contributed by atoms with Gasteiger partial charge in [0.15, 0.2) is 6.10 Å². The molecule has 0 rings (SSSR count). The van der Waals surface area contributed by atoms with Gasteiger partial charge in [0, 0.05) is 12.8 Å². The first-order chi connectivity index (χ1) is 21.6. The van der Waals surface area contributed by atoms with E-state index < -0.39 is 6.10 Å². The van der Waals surface area contributed by atoms with Crippen LogP contribution in [-0.2, 0) is 19.1 Å². The molecule has 0 aliphatic rings. The molecule has 0 bridgehead atoms. The zero-order valence-electron chi connectivity index (χ0n) is 28.4. The van der Waals surface area contributed by atoms with Crippen LogP contribution >= 0.6 is 0 Å². The fourth-order valence-corrected chi connectivity index (χ4v) is 4.60. The fraction of sp³-hybridized carbons (Fsp3) is 0.692. The number of aliphatic hydroxyl groups excluding tert-OH is 1. The Morgan fingerprint density at radius 2 is 0.977 bits per heavy atom. The summed E-state index contributed by atoms with van der Waals surface area (Å²) in [7, 11) is 0. The summed E-state index contributed by atoms with van der Waals surface area (Å²) in [5, 5.41) is 9.52. The third-order valence-corrected chi connectivity index (χ3v) is 7.30. The van der Waals surface area contributed by atoms with Crippen LogP contribution in [0.4, 0.5) is 0 Å². The summed E-state index contributed by atoms with van der Waals surface area (Å²) in [5.41, 5.74) is 0. The first-order valence-corrected chi connectivity index (χ1v) is 17.8. The van der Waals surface area contributed by atoms with E-state index in [0.29, 0.717) is 12.8 Å². The lowest BCUT2D eigenvalue weighted by molar-refractivity contribution is -0.161. The largest absolute Gasteiger partial charge is 0.462 e. The van der Waals surface area contributed by atoms with Crippen LogP contribution in [-0.4, -0.2) is 36.4 Å². The van der Waals surface area contributed by atoms with Crippen molar-refractivity contribution < 1.29 is 24.2 Å². The first kappa shape index (κ1) is 41.6. The minimum Gasteiger partial charge on any atom is -0.462 e. The van der Waals surface area contributed by atoms with E-state index in [0.717, 1.165) is 83.5 Å². The molecule has 0 saturated carbocycles. The molecule has 5 nitrogen and oxygen atoms in total. The van der Waals surface area contributed by atoms with Crippen LogP contribution in [0.2, 0.25) is 0 Å². The highest BCUT2D eigenvalue weighted by molar-refractivity contribution is 5.70. The molecule has 0 aromatic carbocycles. The predicted octanol–water partition coefficient (Wildman–Crippen LogP) is 10.8. The summed E-state index contributed by atoms with van der Waals surface area (Å²) in [6.45, 7) is 3.96. The van der Waals surface area contributed by atoms with Gasteiger partial charge in [0.1, 0.15) is 6.61 Å². The lowest BCUT2D eigenvalue weighted by Crippen LogP contribution is -2.28. The molecule has 1 atom stereocenters. The summed E-state index contributed by atoms with van der Waals surface area (Å²) in [4.78, 5) is 24.2. The molecule has 44 heavy (non-hydrogen) atoms. The second-order valence-corrected chi connectivity index (χ2v) is 11.6. The van der Waals surface area contributed by atoms with E-state index in [9.17, 15) is 14.7 Å². The molecule has 0 aromatic heterocycles. The standard InChI is InChI=1S/C39H66O5/c1-3-5-7-9-11-13-15-17-18-19-20-22-23-25-27-29-31-33-38(41)43-36-37(35-40)44-39(42)34-32-30-28-26-24-21-16-14-12-10-8-6-4-2/h5,7,11,13-14,16-18,20,22,37,40H,3-4,6,8-10,12,15,19,21,23-36H2,1-2H3. The summed E-state index contributed by atoms with van der Waals surface area (Å²) >= 11 is 0. The van der Waals surface area contributed by atoms with Gasteiger partial charge in [-0.15, -0.1) is 0 Å². The minimum absolute atomic E-state index is 0.0843. The van der Waals surface area contributed by atoms with Gasteiger partial charge < -0.3 is 14.6 Å². The number of hydrogen-bond acceptors (Lipinski definition) is 5. The van der Waals surface area contributed by atoms with E-state index in [1.807, 2.05) is 0 Å². The fourth-order valence-electron chi connectivity index (χ4n) is 4.60. The third-order valence-electron chi connectivity index (χ3n) is 7.30. The van der Waals surface area contributed by atoms with Crippen molar-refractivity contribution in [2.75, 3.05) is 13.2 Å². The number of aliphatic hydroxyl groups is 1. The summed E-state index contributed by atoms with van der Waals surface area (Å²) in [6, 6.07) is 0. The van der Waals surface area contributed by atoms with E-state index in [2.05, 4.69) is 74.6 Å². The van der Waals surface area contributed by atoms with Gasteiger partial charge in [-0.1, -0.05) is 126 Å². The second-order valence-electron chi connectivity index (χ2n) is 11.6. The van der Waals surface area contributed by atoms with Crippen molar-refractivity contribution in [1.82, 2.24) is 0 Å². The maximum absolute atomic E-state index is 12.1. The molecule has 0 aliphatic carbocycles. The normalized spacial score (nSPS) is 12.9. The summed E-state index contributed by atoms with van der Waals surface area (Å²) in [5.74, 6) is -0.635. The number of rotatable bonds is 31. The first-order valence-electron chi connectivity index (χ1n) is 17.8. The minimum atomic E-state index is -0.786. The van der Waals surface area contributed by atoms with Crippen molar-refractivity contribution in [2.24, 2.45) is 0 Å². The Morgan fingerprint density at radius 1 is 0.545 bits per heavy atom. The van der Waals surface area contributed by atoms with Crippen LogP contribution in [0.15, 0.2) is 60.8 Å². The predicted molar refractivity (Wildman–Crippen MR) is 187 cm³/mol. The molecule has 252 valence electrons. The molecule has 1 N–H and O–H groups in total. The number of carbonyl (C=O) groups excluding carboxylic acids is 2. The lowest BCUT2D eigenvalue weighted by atomic mass is 10.1.